The van der Waals surface area contributed by atoms with Crippen molar-refractivity contribution < 1.29 is 9.59 Å². The fraction of sp³-hybridized carbons (Fsp3) is 0.0588. The largest absolute Gasteiger partial charge is 0.362 e. The number of hydrogen-bond donors (Lipinski definition) is 2. The molecule has 1 amide bonds. The fourth-order valence-corrected chi connectivity index (χ4v) is 1.90. The van der Waals surface area contributed by atoms with Crippen LogP contribution < -0.4 is 10.6 Å². The van der Waals surface area contributed by atoms with E-state index >= 15 is 0 Å². The first-order valence-electron chi connectivity index (χ1n) is 6.65. The highest BCUT2D eigenvalue weighted by atomic mass is 35.5. The summed E-state index contributed by atoms with van der Waals surface area (Å²) in [5.74, 6) is -0.229. The molecule has 0 atom stereocenters. The molecule has 2 aromatic carbocycles. The zero-order chi connectivity index (χ0) is 15.9. The van der Waals surface area contributed by atoms with E-state index in [0.29, 0.717) is 10.6 Å². The summed E-state index contributed by atoms with van der Waals surface area (Å²) in [7, 11) is 0. The van der Waals surface area contributed by atoms with Crippen LogP contribution in [0.3, 0.4) is 0 Å². The van der Waals surface area contributed by atoms with Gasteiger partial charge in [0, 0.05) is 41.2 Å². The second kappa shape index (κ2) is 7.43. The average molecular weight is 315 g/mol. The monoisotopic (exact) mass is 314 g/mol. The van der Waals surface area contributed by atoms with Crippen molar-refractivity contribution in [1.29, 1.82) is 0 Å². The molecule has 0 spiro atoms. The summed E-state index contributed by atoms with van der Waals surface area (Å²) in [6.45, 7) is 1.46. The van der Waals surface area contributed by atoms with Crippen LogP contribution in [0.25, 0.3) is 0 Å². The molecule has 4 nitrogen and oxygen atoms in total. The van der Waals surface area contributed by atoms with Crippen molar-refractivity contribution in [3.8, 4) is 0 Å². The summed E-state index contributed by atoms with van der Waals surface area (Å²) in [6, 6.07) is 13.9. The molecule has 2 N–H and O–H groups in total. The van der Waals surface area contributed by atoms with Gasteiger partial charge in [-0.1, -0.05) is 11.6 Å². The average Bonchev–Trinajstić information content (AvgIpc) is 2.49. The van der Waals surface area contributed by atoms with E-state index < -0.39 is 0 Å². The number of amides is 1. The van der Waals surface area contributed by atoms with Gasteiger partial charge in [0.25, 0.3) is 0 Å². The van der Waals surface area contributed by atoms with Crippen LogP contribution in [-0.2, 0) is 4.79 Å². The number of benzene rings is 2. The number of ketones is 1. The molecule has 2 aromatic rings. The molecule has 0 aliphatic carbocycles. The van der Waals surface area contributed by atoms with E-state index in [1.165, 1.54) is 13.0 Å². The van der Waals surface area contributed by atoms with Gasteiger partial charge in [-0.3, -0.25) is 9.59 Å². The minimum atomic E-state index is -0.117. The van der Waals surface area contributed by atoms with Gasteiger partial charge in [-0.15, -0.1) is 0 Å². The zero-order valence-electron chi connectivity index (χ0n) is 12.0. The summed E-state index contributed by atoms with van der Waals surface area (Å²) in [5, 5.41) is 6.28. The maximum atomic E-state index is 11.9. The fourth-order valence-electron chi connectivity index (χ4n) is 1.78. The van der Waals surface area contributed by atoms with Gasteiger partial charge in [-0.25, -0.2) is 0 Å². The standard InChI is InChI=1S/C17H15ClN2O2/c1-12(21)20-16-8-6-15(7-9-16)19-11-10-17(22)13-2-4-14(18)5-3-13/h2-11,19H,1H3,(H,20,21)/b11-10+. The van der Waals surface area contributed by atoms with Crippen molar-refractivity contribution in [1.82, 2.24) is 0 Å². The van der Waals surface area contributed by atoms with E-state index in [4.69, 9.17) is 11.6 Å². The highest BCUT2D eigenvalue weighted by molar-refractivity contribution is 6.30. The Balaban J connectivity index is 1.93. The minimum absolute atomic E-state index is 0.112. The van der Waals surface area contributed by atoms with Crippen molar-refractivity contribution in [2.75, 3.05) is 10.6 Å². The van der Waals surface area contributed by atoms with Gasteiger partial charge in [-0.05, 0) is 48.5 Å². The molecule has 0 unspecified atom stereocenters. The lowest BCUT2D eigenvalue weighted by molar-refractivity contribution is -0.114. The SMILES string of the molecule is CC(=O)Nc1ccc(N/C=C/C(=O)c2ccc(Cl)cc2)cc1. The second-order valence-corrected chi connectivity index (χ2v) is 5.04. The van der Waals surface area contributed by atoms with Crippen molar-refractivity contribution in [2.24, 2.45) is 0 Å². The molecule has 0 aliphatic rings. The first-order valence-corrected chi connectivity index (χ1v) is 7.03. The van der Waals surface area contributed by atoms with E-state index in [1.54, 1.807) is 42.6 Å². The number of carbonyl (C=O) groups excluding carboxylic acids is 2. The molecular formula is C17H15ClN2O2. The highest BCUT2D eigenvalue weighted by Crippen LogP contribution is 2.14. The van der Waals surface area contributed by atoms with Crippen molar-refractivity contribution >= 4 is 34.7 Å². The molecule has 0 heterocycles. The first-order chi connectivity index (χ1) is 10.5. The van der Waals surface area contributed by atoms with E-state index in [9.17, 15) is 9.59 Å². The van der Waals surface area contributed by atoms with Crippen LogP contribution in [0, 0.1) is 0 Å². The van der Waals surface area contributed by atoms with Crippen molar-refractivity contribution in [2.45, 2.75) is 6.92 Å². The summed E-state index contributed by atoms with van der Waals surface area (Å²) >= 11 is 5.78. The van der Waals surface area contributed by atoms with Gasteiger partial charge in [0.2, 0.25) is 5.91 Å². The molecule has 0 aliphatic heterocycles. The second-order valence-electron chi connectivity index (χ2n) is 4.61. The molecule has 0 fully saturated rings. The van der Waals surface area contributed by atoms with E-state index in [1.807, 2.05) is 12.1 Å². The topological polar surface area (TPSA) is 58.2 Å². The predicted octanol–water partition coefficient (Wildman–Crippen LogP) is 4.11. The lowest BCUT2D eigenvalue weighted by atomic mass is 10.1. The Morgan fingerprint density at radius 1 is 0.955 bits per heavy atom. The lowest BCUT2D eigenvalue weighted by Gasteiger charge is -2.04. The Bertz CT molecular complexity index is 692. The lowest BCUT2D eigenvalue weighted by Crippen LogP contribution is -2.05. The molecule has 0 saturated heterocycles. The highest BCUT2D eigenvalue weighted by Gasteiger charge is 2.00. The Kier molecular flexibility index (Phi) is 5.33. The molecule has 0 bridgehead atoms. The summed E-state index contributed by atoms with van der Waals surface area (Å²) < 4.78 is 0. The predicted molar refractivity (Wildman–Crippen MR) is 89.3 cm³/mol. The van der Waals surface area contributed by atoms with Crippen LogP contribution in [0.2, 0.25) is 5.02 Å². The number of allylic oxidation sites excluding steroid dienone is 1. The molecule has 0 saturated carbocycles. The molecule has 0 radical (unpaired) electrons. The minimum Gasteiger partial charge on any atom is -0.362 e. The van der Waals surface area contributed by atoms with Gasteiger partial charge < -0.3 is 10.6 Å². The van der Waals surface area contributed by atoms with Crippen molar-refractivity contribution in [3.63, 3.8) is 0 Å². The maximum Gasteiger partial charge on any atom is 0.221 e. The molecule has 2 rings (SSSR count). The van der Waals surface area contributed by atoms with Crippen LogP contribution in [0.5, 0.6) is 0 Å². The van der Waals surface area contributed by atoms with Gasteiger partial charge >= 0.3 is 0 Å². The molecule has 5 heteroatoms. The third-order valence-corrected chi connectivity index (χ3v) is 3.07. The smallest absolute Gasteiger partial charge is 0.221 e. The Labute approximate surface area is 133 Å². The zero-order valence-corrected chi connectivity index (χ0v) is 12.7. The normalized spacial score (nSPS) is 10.5. The van der Waals surface area contributed by atoms with Gasteiger partial charge in [-0.2, -0.15) is 0 Å². The van der Waals surface area contributed by atoms with Gasteiger partial charge in [0.1, 0.15) is 0 Å². The Morgan fingerprint density at radius 2 is 1.55 bits per heavy atom. The quantitative estimate of drug-likeness (QED) is 0.645. The van der Waals surface area contributed by atoms with Gasteiger partial charge in [0.05, 0.1) is 0 Å². The molecule has 0 aromatic heterocycles. The third-order valence-electron chi connectivity index (χ3n) is 2.82. The molecular weight excluding hydrogens is 300 g/mol. The first kappa shape index (κ1) is 15.8. The van der Waals surface area contributed by atoms with E-state index in [0.717, 1.165) is 11.4 Å². The van der Waals surface area contributed by atoms with Crippen molar-refractivity contribution in [3.05, 3.63) is 71.4 Å². The number of carbonyl (C=O) groups is 2. The number of nitrogens with one attached hydrogen (secondary N) is 2. The number of halogens is 1. The Hall–Kier alpha value is -2.59. The van der Waals surface area contributed by atoms with Crippen LogP contribution >= 0.6 is 11.6 Å². The van der Waals surface area contributed by atoms with E-state index in [-0.39, 0.29) is 11.7 Å². The summed E-state index contributed by atoms with van der Waals surface area (Å²) in [4.78, 5) is 22.8. The number of rotatable bonds is 5. The molecule has 112 valence electrons. The van der Waals surface area contributed by atoms with Crippen LogP contribution in [-0.4, -0.2) is 11.7 Å². The third kappa shape index (κ3) is 4.75. The van der Waals surface area contributed by atoms with Gasteiger partial charge in [0.15, 0.2) is 5.78 Å². The van der Waals surface area contributed by atoms with E-state index in [2.05, 4.69) is 10.6 Å². The summed E-state index contributed by atoms with van der Waals surface area (Å²) in [6.07, 6.45) is 3.02. The van der Waals surface area contributed by atoms with Crippen LogP contribution in [0.1, 0.15) is 17.3 Å². The van der Waals surface area contributed by atoms with Crippen LogP contribution in [0.4, 0.5) is 11.4 Å². The maximum absolute atomic E-state index is 11.9. The number of anilines is 2. The number of hydrogen-bond acceptors (Lipinski definition) is 3. The molecule has 22 heavy (non-hydrogen) atoms. The summed E-state index contributed by atoms with van der Waals surface area (Å²) in [5.41, 5.74) is 2.11. The van der Waals surface area contributed by atoms with Crippen LogP contribution in [0.15, 0.2) is 60.8 Å². The Morgan fingerprint density at radius 3 is 2.14 bits per heavy atom.